The minimum absolute atomic E-state index is 0.00196. The molecule has 1 atom stereocenters. The molecule has 0 saturated carbocycles. The van der Waals surface area contributed by atoms with Gasteiger partial charge in [0.1, 0.15) is 12.3 Å². The Morgan fingerprint density at radius 1 is 1.27 bits per heavy atom. The number of aromatic nitrogens is 1. The molecule has 7 heteroatoms. The summed E-state index contributed by atoms with van der Waals surface area (Å²) in [6.45, 7) is 6.09. The number of hydrogen-bond donors (Lipinski definition) is 2. The molecule has 0 aliphatic rings. The monoisotopic (exact) mass is 378 g/mol. The van der Waals surface area contributed by atoms with Crippen LogP contribution in [0.1, 0.15) is 39.3 Å². The maximum Gasteiger partial charge on any atom is 0.326 e. The zero-order chi connectivity index (χ0) is 19.3. The second-order valence-electron chi connectivity index (χ2n) is 7.39. The van der Waals surface area contributed by atoms with Crippen LogP contribution >= 0.6 is 11.6 Å². The summed E-state index contributed by atoms with van der Waals surface area (Å²) in [5.74, 6) is -1.06. The number of carbonyl (C=O) groups is 2. The maximum atomic E-state index is 12.2. The smallest absolute Gasteiger partial charge is 0.326 e. The highest BCUT2D eigenvalue weighted by Crippen LogP contribution is 2.22. The van der Waals surface area contributed by atoms with Crippen molar-refractivity contribution in [3.63, 3.8) is 0 Å². The highest BCUT2D eigenvalue weighted by molar-refractivity contribution is 6.30. The second kappa shape index (κ2) is 8.36. The third kappa shape index (κ3) is 6.19. The van der Waals surface area contributed by atoms with Crippen molar-refractivity contribution in [2.24, 2.45) is 5.41 Å². The molecular formula is C19H23ClN2O4. The lowest BCUT2D eigenvalue weighted by molar-refractivity contribution is -0.142. The quantitative estimate of drug-likeness (QED) is 0.761. The Morgan fingerprint density at radius 3 is 2.50 bits per heavy atom. The van der Waals surface area contributed by atoms with E-state index in [1.54, 1.807) is 24.3 Å². The molecule has 0 fully saturated rings. The number of amides is 1. The molecule has 1 aromatic heterocycles. The van der Waals surface area contributed by atoms with Crippen molar-refractivity contribution < 1.29 is 19.1 Å². The van der Waals surface area contributed by atoms with Crippen molar-refractivity contribution in [2.75, 3.05) is 0 Å². The van der Waals surface area contributed by atoms with Gasteiger partial charge < -0.3 is 14.8 Å². The molecule has 1 heterocycles. The third-order valence-electron chi connectivity index (χ3n) is 3.80. The first kappa shape index (κ1) is 20.0. The van der Waals surface area contributed by atoms with Crippen LogP contribution in [-0.2, 0) is 16.0 Å². The molecule has 1 unspecified atom stereocenters. The highest BCUT2D eigenvalue weighted by Gasteiger charge is 2.23. The number of aliphatic carboxylic acids is 1. The average Bonchev–Trinajstić information content (AvgIpc) is 2.99. The summed E-state index contributed by atoms with van der Waals surface area (Å²) in [7, 11) is 0. The molecule has 0 aliphatic carbocycles. The van der Waals surface area contributed by atoms with Gasteiger partial charge in [-0.1, -0.05) is 32.4 Å². The van der Waals surface area contributed by atoms with Gasteiger partial charge in [-0.2, -0.15) is 0 Å². The Kier molecular flexibility index (Phi) is 6.42. The zero-order valence-corrected chi connectivity index (χ0v) is 15.8. The van der Waals surface area contributed by atoms with E-state index in [0.29, 0.717) is 29.4 Å². The first-order chi connectivity index (χ1) is 12.1. The molecule has 0 bridgehead atoms. The Bertz CT molecular complexity index is 763. The van der Waals surface area contributed by atoms with E-state index in [9.17, 15) is 14.7 Å². The Hall–Kier alpha value is -2.34. The summed E-state index contributed by atoms with van der Waals surface area (Å²) in [6.07, 6.45) is 2.42. The van der Waals surface area contributed by atoms with Gasteiger partial charge in [0, 0.05) is 10.6 Å². The number of benzene rings is 1. The normalized spacial score (nSPS) is 12.6. The van der Waals surface area contributed by atoms with Gasteiger partial charge in [-0.15, -0.1) is 0 Å². The molecule has 1 amide bonds. The molecule has 140 valence electrons. The number of carboxylic acids is 1. The summed E-state index contributed by atoms with van der Waals surface area (Å²) < 4.78 is 5.39. The molecule has 1 aromatic carbocycles. The summed E-state index contributed by atoms with van der Waals surface area (Å²) in [4.78, 5) is 27.8. The van der Waals surface area contributed by atoms with Crippen LogP contribution in [0.3, 0.4) is 0 Å². The predicted octanol–water partition coefficient (Wildman–Crippen LogP) is 3.93. The molecule has 26 heavy (non-hydrogen) atoms. The fourth-order valence-corrected chi connectivity index (χ4v) is 2.48. The minimum atomic E-state index is -1.04. The molecule has 0 saturated heterocycles. The predicted molar refractivity (Wildman–Crippen MR) is 98.9 cm³/mol. The summed E-state index contributed by atoms with van der Waals surface area (Å²) >= 11 is 5.85. The van der Waals surface area contributed by atoms with Crippen molar-refractivity contribution in [1.29, 1.82) is 0 Å². The number of nitrogens with zero attached hydrogens (tertiary/aromatic N) is 1. The standard InChI is InChI=1S/C19H23ClN2O4/c1-19(2,3)9-8-15(18(24)25)22-16(23)10-14-11-26-17(21-14)12-4-6-13(20)7-5-12/h4-7,11,15H,8-10H2,1-3H3,(H,22,23)(H,24,25). The molecule has 0 aliphatic heterocycles. The summed E-state index contributed by atoms with van der Waals surface area (Å²) in [6, 6.07) is 6.07. The summed E-state index contributed by atoms with van der Waals surface area (Å²) in [5.41, 5.74) is 1.18. The van der Waals surface area contributed by atoms with E-state index in [0.717, 1.165) is 5.56 Å². The van der Waals surface area contributed by atoms with Crippen molar-refractivity contribution in [3.8, 4) is 11.5 Å². The van der Waals surface area contributed by atoms with Crippen LogP contribution in [0.4, 0.5) is 0 Å². The number of carboxylic acid groups (broad SMARTS) is 1. The molecular weight excluding hydrogens is 356 g/mol. The topological polar surface area (TPSA) is 92.4 Å². The summed E-state index contributed by atoms with van der Waals surface area (Å²) in [5, 5.41) is 12.5. The van der Waals surface area contributed by atoms with Crippen LogP contribution in [0, 0.1) is 5.41 Å². The van der Waals surface area contributed by atoms with Crippen LogP contribution in [0.25, 0.3) is 11.5 Å². The van der Waals surface area contributed by atoms with Gasteiger partial charge in [0.15, 0.2) is 0 Å². The molecule has 2 aromatic rings. The van der Waals surface area contributed by atoms with Crippen LogP contribution in [-0.4, -0.2) is 28.0 Å². The van der Waals surface area contributed by atoms with Gasteiger partial charge in [-0.3, -0.25) is 4.79 Å². The zero-order valence-electron chi connectivity index (χ0n) is 15.1. The second-order valence-corrected chi connectivity index (χ2v) is 7.82. The molecule has 2 rings (SSSR count). The maximum absolute atomic E-state index is 12.2. The largest absolute Gasteiger partial charge is 0.480 e. The average molecular weight is 379 g/mol. The Morgan fingerprint density at radius 2 is 1.92 bits per heavy atom. The number of halogens is 1. The molecule has 0 radical (unpaired) electrons. The van der Waals surface area contributed by atoms with Crippen LogP contribution in [0.5, 0.6) is 0 Å². The lowest BCUT2D eigenvalue weighted by atomic mass is 9.88. The SMILES string of the molecule is CC(C)(C)CCC(NC(=O)Cc1coc(-c2ccc(Cl)cc2)n1)C(=O)O. The molecule has 6 nitrogen and oxygen atoms in total. The number of rotatable bonds is 7. The van der Waals surface area contributed by atoms with Crippen LogP contribution in [0.15, 0.2) is 34.9 Å². The van der Waals surface area contributed by atoms with E-state index in [1.807, 2.05) is 20.8 Å². The molecule has 2 N–H and O–H groups in total. The number of carbonyl (C=O) groups excluding carboxylic acids is 1. The van der Waals surface area contributed by atoms with Gasteiger partial charge in [-0.05, 0) is 42.5 Å². The Balaban J connectivity index is 1.96. The van der Waals surface area contributed by atoms with E-state index in [4.69, 9.17) is 16.0 Å². The lowest BCUT2D eigenvalue weighted by Gasteiger charge is -2.21. The number of nitrogens with one attached hydrogen (secondary N) is 1. The lowest BCUT2D eigenvalue weighted by Crippen LogP contribution is -2.42. The van der Waals surface area contributed by atoms with Crippen molar-refractivity contribution >= 4 is 23.5 Å². The van der Waals surface area contributed by atoms with Crippen molar-refractivity contribution in [3.05, 3.63) is 41.2 Å². The van der Waals surface area contributed by atoms with Gasteiger partial charge in [0.2, 0.25) is 11.8 Å². The fourth-order valence-electron chi connectivity index (χ4n) is 2.36. The number of hydrogen-bond acceptors (Lipinski definition) is 4. The van der Waals surface area contributed by atoms with E-state index >= 15 is 0 Å². The van der Waals surface area contributed by atoms with E-state index < -0.39 is 17.9 Å². The van der Waals surface area contributed by atoms with Crippen LogP contribution < -0.4 is 5.32 Å². The minimum Gasteiger partial charge on any atom is -0.480 e. The third-order valence-corrected chi connectivity index (χ3v) is 4.05. The number of oxazole rings is 1. The first-order valence-corrected chi connectivity index (χ1v) is 8.74. The van der Waals surface area contributed by atoms with Crippen molar-refractivity contribution in [1.82, 2.24) is 10.3 Å². The van der Waals surface area contributed by atoms with E-state index in [1.165, 1.54) is 6.26 Å². The van der Waals surface area contributed by atoms with Gasteiger partial charge in [-0.25, -0.2) is 9.78 Å². The van der Waals surface area contributed by atoms with E-state index in [-0.39, 0.29) is 11.8 Å². The van der Waals surface area contributed by atoms with Gasteiger partial charge >= 0.3 is 5.97 Å². The van der Waals surface area contributed by atoms with Gasteiger partial charge in [0.05, 0.1) is 12.1 Å². The fraction of sp³-hybridized carbons (Fsp3) is 0.421. The van der Waals surface area contributed by atoms with Gasteiger partial charge in [0.25, 0.3) is 0 Å². The van der Waals surface area contributed by atoms with Crippen molar-refractivity contribution in [2.45, 2.75) is 46.1 Å². The van der Waals surface area contributed by atoms with Crippen LogP contribution in [0.2, 0.25) is 5.02 Å². The first-order valence-electron chi connectivity index (χ1n) is 8.36. The highest BCUT2D eigenvalue weighted by atomic mass is 35.5. The Labute approximate surface area is 157 Å². The molecule has 0 spiro atoms. The van der Waals surface area contributed by atoms with E-state index in [2.05, 4.69) is 10.3 Å².